The van der Waals surface area contributed by atoms with E-state index in [4.69, 9.17) is 0 Å². The number of sulfone groups is 1. The standard InChI is InChI=1S/C17H24N4O5S/c1-27(25,26)12-2-3-14(15(10-12)21(23)24)19-8-9-20-16(22)13-11-17(13)4-6-18-7-5-17/h2-3,10,13,18-19H,4-9,11H2,1H3,(H,20,22). The molecule has 0 radical (unpaired) electrons. The van der Waals surface area contributed by atoms with Crippen molar-refractivity contribution in [3.05, 3.63) is 28.3 Å². The molecule has 1 aliphatic carbocycles. The van der Waals surface area contributed by atoms with E-state index in [0.717, 1.165) is 44.7 Å². The highest BCUT2D eigenvalue weighted by Crippen LogP contribution is 2.58. The van der Waals surface area contributed by atoms with Crippen molar-refractivity contribution in [3.63, 3.8) is 0 Å². The average molecular weight is 396 g/mol. The van der Waals surface area contributed by atoms with Crippen LogP contribution in [0, 0.1) is 21.4 Å². The smallest absolute Gasteiger partial charge is 0.293 e. The van der Waals surface area contributed by atoms with E-state index in [9.17, 15) is 23.3 Å². The van der Waals surface area contributed by atoms with Gasteiger partial charge in [-0.05, 0) is 49.9 Å². The molecule has 148 valence electrons. The topological polar surface area (TPSA) is 130 Å². The van der Waals surface area contributed by atoms with E-state index in [1.54, 1.807) is 0 Å². The van der Waals surface area contributed by atoms with Crippen molar-refractivity contribution in [1.82, 2.24) is 10.6 Å². The number of nitro groups is 1. The molecule has 2 fully saturated rings. The third kappa shape index (κ3) is 4.38. The molecule has 1 aliphatic heterocycles. The second-order valence-corrected chi connectivity index (χ2v) is 9.31. The second-order valence-electron chi connectivity index (χ2n) is 7.30. The molecule has 3 N–H and O–H groups in total. The molecule has 3 rings (SSSR count). The Morgan fingerprint density at radius 3 is 2.67 bits per heavy atom. The monoisotopic (exact) mass is 396 g/mol. The number of hydrogen-bond acceptors (Lipinski definition) is 7. The van der Waals surface area contributed by atoms with Gasteiger partial charge < -0.3 is 16.0 Å². The van der Waals surface area contributed by atoms with E-state index in [2.05, 4.69) is 16.0 Å². The number of carbonyl (C=O) groups excluding carboxylic acids is 1. The Balaban J connectivity index is 1.52. The lowest BCUT2D eigenvalue weighted by Crippen LogP contribution is -2.35. The van der Waals surface area contributed by atoms with Gasteiger partial charge in [0.05, 0.1) is 9.82 Å². The van der Waals surface area contributed by atoms with Gasteiger partial charge in [0, 0.05) is 31.3 Å². The quantitative estimate of drug-likeness (QED) is 0.355. The summed E-state index contributed by atoms with van der Waals surface area (Å²) in [7, 11) is -3.52. The molecule has 1 aromatic carbocycles. The maximum Gasteiger partial charge on any atom is 0.293 e. The minimum Gasteiger partial charge on any atom is -0.378 e. The molecule has 1 aromatic rings. The highest BCUT2D eigenvalue weighted by Gasteiger charge is 2.57. The van der Waals surface area contributed by atoms with E-state index in [1.807, 2.05) is 0 Å². The Morgan fingerprint density at radius 1 is 1.33 bits per heavy atom. The fourth-order valence-corrected chi connectivity index (χ4v) is 4.39. The number of benzene rings is 1. The molecule has 1 amide bonds. The molecule has 9 nitrogen and oxygen atoms in total. The van der Waals surface area contributed by atoms with E-state index in [1.165, 1.54) is 12.1 Å². The van der Waals surface area contributed by atoms with Gasteiger partial charge in [0.25, 0.3) is 5.69 Å². The number of nitro benzene ring substituents is 1. The lowest BCUT2D eigenvalue weighted by molar-refractivity contribution is -0.384. The summed E-state index contributed by atoms with van der Waals surface area (Å²) in [4.78, 5) is 22.8. The number of nitrogens with zero attached hydrogens (tertiary/aromatic N) is 1. The van der Waals surface area contributed by atoms with Crippen LogP contribution in [0.4, 0.5) is 11.4 Å². The van der Waals surface area contributed by atoms with Crippen molar-refractivity contribution in [2.24, 2.45) is 11.3 Å². The Labute approximate surface area is 158 Å². The first kappa shape index (κ1) is 19.6. The van der Waals surface area contributed by atoms with Gasteiger partial charge in [-0.2, -0.15) is 0 Å². The largest absolute Gasteiger partial charge is 0.378 e. The molecule has 27 heavy (non-hydrogen) atoms. The van der Waals surface area contributed by atoms with Crippen LogP contribution in [0.3, 0.4) is 0 Å². The Kier molecular flexibility index (Phi) is 5.38. The molecule has 10 heteroatoms. The summed E-state index contributed by atoms with van der Waals surface area (Å²) >= 11 is 0. The Bertz CT molecular complexity index is 849. The first-order chi connectivity index (χ1) is 12.7. The van der Waals surface area contributed by atoms with Crippen molar-refractivity contribution in [1.29, 1.82) is 0 Å². The Hall–Kier alpha value is -2.20. The van der Waals surface area contributed by atoms with Crippen LogP contribution in [-0.2, 0) is 14.6 Å². The average Bonchev–Trinajstić information content (AvgIpc) is 3.31. The highest BCUT2D eigenvalue weighted by molar-refractivity contribution is 7.90. The zero-order valence-corrected chi connectivity index (χ0v) is 16.0. The minimum atomic E-state index is -3.52. The molecule has 0 bridgehead atoms. The van der Waals surface area contributed by atoms with Crippen molar-refractivity contribution in [2.75, 3.05) is 37.8 Å². The van der Waals surface area contributed by atoms with Gasteiger partial charge in [0.2, 0.25) is 5.91 Å². The molecule has 1 saturated carbocycles. The van der Waals surface area contributed by atoms with Crippen LogP contribution in [0.1, 0.15) is 19.3 Å². The minimum absolute atomic E-state index is 0.0422. The zero-order chi connectivity index (χ0) is 19.7. The van der Waals surface area contributed by atoms with Crippen LogP contribution >= 0.6 is 0 Å². The highest BCUT2D eigenvalue weighted by atomic mass is 32.2. The van der Waals surface area contributed by atoms with Gasteiger partial charge in [-0.15, -0.1) is 0 Å². The molecule has 1 atom stereocenters. The van der Waals surface area contributed by atoms with Crippen LogP contribution in [0.2, 0.25) is 0 Å². The van der Waals surface area contributed by atoms with Crippen LogP contribution in [0.25, 0.3) is 0 Å². The molecule has 0 aromatic heterocycles. The summed E-state index contributed by atoms with van der Waals surface area (Å²) in [6.45, 7) is 2.57. The fourth-order valence-electron chi connectivity index (χ4n) is 3.74. The summed E-state index contributed by atoms with van der Waals surface area (Å²) in [6.07, 6.45) is 4.00. The number of anilines is 1. The third-order valence-electron chi connectivity index (χ3n) is 5.44. The summed E-state index contributed by atoms with van der Waals surface area (Å²) in [6, 6.07) is 3.75. The van der Waals surface area contributed by atoms with Gasteiger partial charge in [0.15, 0.2) is 9.84 Å². The summed E-state index contributed by atoms with van der Waals surface area (Å²) < 4.78 is 23.1. The van der Waals surface area contributed by atoms with Gasteiger partial charge >= 0.3 is 0 Å². The van der Waals surface area contributed by atoms with Crippen LogP contribution in [-0.4, -0.2) is 51.7 Å². The number of amides is 1. The van der Waals surface area contributed by atoms with Gasteiger partial charge in [-0.1, -0.05) is 0 Å². The number of rotatable bonds is 7. The van der Waals surface area contributed by atoms with E-state index >= 15 is 0 Å². The zero-order valence-electron chi connectivity index (χ0n) is 15.2. The van der Waals surface area contributed by atoms with Crippen molar-refractivity contribution in [2.45, 2.75) is 24.2 Å². The first-order valence-corrected chi connectivity index (χ1v) is 10.8. The third-order valence-corrected chi connectivity index (χ3v) is 6.55. The number of nitrogens with one attached hydrogen (secondary N) is 3. The van der Waals surface area contributed by atoms with Gasteiger partial charge in [-0.3, -0.25) is 14.9 Å². The molecular weight excluding hydrogens is 372 g/mol. The molecule has 1 unspecified atom stereocenters. The lowest BCUT2D eigenvalue weighted by atomic mass is 9.92. The van der Waals surface area contributed by atoms with E-state index in [0.29, 0.717) is 13.1 Å². The second kappa shape index (κ2) is 7.43. The molecule has 1 saturated heterocycles. The van der Waals surface area contributed by atoms with Crippen molar-refractivity contribution in [3.8, 4) is 0 Å². The van der Waals surface area contributed by atoms with Crippen molar-refractivity contribution >= 4 is 27.1 Å². The fraction of sp³-hybridized carbons (Fsp3) is 0.588. The normalized spacial score (nSPS) is 20.9. The molecule has 1 spiro atoms. The molecule has 1 heterocycles. The van der Waals surface area contributed by atoms with Crippen LogP contribution in [0.5, 0.6) is 0 Å². The first-order valence-electron chi connectivity index (χ1n) is 8.94. The maximum absolute atomic E-state index is 12.3. The Morgan fingerprint density at radius 2 is 2.04 bits per heavy atom. The summed E-state index contributed by atoms with van der Waals surface area (Å²) in [5, 5.41) is 20.3. The van der Waals surface area contributed by atoms with Gasteiger partial charge in [-0.25, -0.2) is 8.42 Å². The molecule has 2 aliphatic rings. The van der Waals surface area contributed by atoms with Crippen LogP contribution < -0.4 is 16.0 Å². The number of piperidine rings is 1. The predicted octanol–water partition coefficient (Wildman–Crippen LogP) is 0.916. The van der Waals surface area contributed by atoms with E-state index < -0.39 is 14.8 Å². The van der Waals surface area contributed by atoms with Crippen LogP contribution in [0.15, 0.2) is 23.1 Å². The predicted molar refractivity (Wildman–Crippen MR) is 100 cm³/mol. The van der Waals surface area contributed by atoms with Crippen molar-refractivity contribution < 1.29 is 18.1 Å². The van der Waals surface area contributed by atoms with Gasteiger partial charge in [0.1, 0.15) is 5.69 Å². The maximum atomic E-state index is 12.3. The lowest BCUT2D eigenvalue weighted by Gasteiger charge is -2.23. The summed E-state index contributed by atoms with van der Waals surface area (Å²) in [5.74, 6) is 0.114. The summed E-state index contributed by atoms with van der Waals surface area (Å²) in [5.41, 5.74) is 0.0891. The number of carbonyl (C=O) groups is 1. The molecular formula is C17H24N4O5S. The number of hydrogen-bond donors (Lipinski definition) is 3. The SMILES string of the molecule is CS(=O)(=O)c1ccc(NCCNC(=O)C2CC23CCNCC3)c([N+](=O)[O-])c1. The van der Waals surface area contributed by atoms with E-state index in [-0.39, 0.29) is 33.5 Å².